The Hall–Kier alpha value is -3.32. The van der Waals surface area contributed by atoms with Crippen molar-refractivity contribution in [1.82, 2.24) is 14.8 Å². The fourth-order valence-electron chi connectivity index (χ4n) is 2.65. The van der Waals surface area contributed by atoms with Crippen LogP contribution in [0, 0.1) is 12.7 Å². The number of aryl methyl sites for hydroxylation is 1. The smallest absolute Gasteiger partial charge is 0.261 e. The third-order valence-electron chi connectivity index (χ3n) is 3.94. The minimum absolute atomic E-state index is 0.314. The first-order chi connectivity index (χ1) is 13.1. The van der Waals surface area contributed by atoms with E-state index < -0.39 is 0 Å². The Morgan fingerprint density at radius 3 is 2.52 bits per heavy atom. The van der Waals surface area contributed by atoms with Crippen LogP contribution in [0.1, 0.15) is 15.2 Å². The molecule has 0 aliphatic rings. The number of nitrogens with one attached hydrogen (secondary N) is 1. The molecule has 0 radical (unpaired) electrons. The zero-order valence-corrected chi connectivity index (χ0v) is 15.2. The number of carbonyl (C=O) groups excluding carboxylic acids is 1. The average Bonchev–Trinajstić information content (AvgIpc) is 3.30. The number of aromatic nitrogens is 3. The van der Waals surface area contributed by atoms with Gasteiger partial charge < -0.3 is 0 Å². The minimum atomic E-state index is -0.342. The highest BCUT2D eigenvalue weighted by molar-refractivity contribution is 7.15. The van der Waals surface area contributed by atoms with Crippen molar-refractivity contribution < 1.29 is 9.18 Å². The van der Waals surface area contributed by atoms with Crippen molar-refractivity contribution in [2.75, 3.05) is 5.32 Å². The van der Waals surface area contributed by atoms with Gasteiger partial charge in [-0.05, 0) is 43.3 Å². The van der Waals surface area contributed by atoms with E-state index >= 15 is 0 Å². The van der Waals surface area contributed by atoms with E-state index in [0.717, 1.165) is 10.6 Å². The molecule has 1 amide bonds. The summed E-state index contributed by atoms with van der Waals surface area (Å²) in [5.41, 5.74) is 2.35. The van der Waals surface area contributed by atoms with E-state index in [1.165, 1.54) is 23.5 Å². The summed E-state index contributed by atoms with van der Waals surface area (Å²) in [6.45, 7) is 1.92. The van der Waals surface area contributed by atoms with E-state index in [1.54, 1.807) is 29.2 Å². The van der Waals surface area contributed by atoms with E-state index in [0.29, 0.717) is 22.0 Å². The number of thiazole rings is 1. The minimum Gasteiger partial charge on any atom is -0.298 e. The van der Waals surface area contributed by atoms with Crippen LogP contribution in [0.15, 0.2) is 67.0 Å². The summed E-state index contributed by atoms with van der Waals surface area (Å²) in [6, 6.07) is 15.4. The van der Waals surface area contributed by atoms with Crippen molar-refractivity contribution in [3.63, 3.8) is 0 Å². The first-order valence-corrected chi connectivity index (χ1v) is 9.06. The van der Waals surface area contributed by atoms with Crippen LogP contribution in [-0.4, -0.2) is 20.7 Å². The molecule has 27 heavy (non-hydrogen) atoms. The highest BCUT2D eigenvalue weighted by Crippen LogP contribution is 2.26. The lowest BCUT2D eigenvalue weighted by Gasteiger charge is -2.02. The van der Waals surface area contributed by atoms with Gasteiger partial charge in [0.05, 0.1) is 11.3 Å². The third-order valence-corrected chi connectivity index (χ3v) is 4.77. The van der Waals surface area contributed by atoms with Crippen molar-refractivity contribution in [2.45, 2.75) is 6.92 Å². The Balaban J connectivity index is 1.77. The Bertz CT molecular complexity index is 1090. The molecule has 0 aliphatic heterocycles. The molecule has 2 heterocycles. The molecule has 2 aromatic carbocycles. The van der Waals surface area contributed by atoms with Crippen molar-refractivity contribution in [2.24, 2.45) is 0 Å². The number of para-hydroxylation sites is 1. The second kappa shape index (κ2) is 7.13. The number of halogens is 1. The highest BCUT2D eigenvalue weighted by atomic mass is 32.1. The van der Waals surface area contributed by atoms with Gasteiger partial charge >= 0.3 is 0 Å². The number of hydrogen-bond acceptors (Lipinski definition) is 4. The molecular formula is C20H15FN4OS. The lowest BCUT2D eigenvalue weighted by atomic mass is 10.1. The van der Waals surface area contributed by atoms with Gasteiger partial charge in [0.15, 0.2) is 5.13 Å². The van der Waals surface area contributed by atoms with Gasteiger partial charge in [0, 0.05) is 22.8 Å². The quantitative estimate of drug-likeness (QED) is 0.560. The molecule has 4 aromatic rings. The van der Waals surface area contributed by atoms with E-state index in [-0.39, 0.29) is 11.7 Å². The van der Waals surface area contributed by atoms with Crippen LogP contribution < -0.4 is 5.32 Å². The maximum Gasteiger partial charge on any atom is 0.261 e. The van der Waals surface area contributed by atoms with Gasteiger partial charge in [0.1, 0.15) is 11.5 Å². The summed E-state index contributed by atoms with van der Waals surface area (Å²) in [5.74, 6) is -0.656. The monoisotopic (exact) mass is 378 g/mol. The molecule has 0 aliphatic carbocycles. The summed E-state index contributed by atoms with van der Waals surface area (Å²) < 4.78 is 14.9. The zero-order valence-electron chi connectivity index (χ0n) is 14.4. The van der Waals surface area contributed by atoms with Gasteiger partial charge in [0.2, 0.25) is 0 Å². The average molecular weight is 378 g/mol. The van der Waals surface area contributed by atoms with Crippen LogP contribution in [-0.2, 0) is 0 Å². The normalized spacial score (nSPS) is 10.7. The number of rotatable bonds is 4. The van der Waals surface area contributed by atoms with Crippen LogP contribution in [0.4, 0.5) is 9.52 Å². The lowest BCUT2D eigenvalue weighted by molar-refractivity contribution is 0.102. The second-order valence-corrected chi connectivity index (χ2v) is 7.14. The summed E-state index contributed by atoms with van der Waals surface area (Å²) in [5, 5.41) is 7.89. The van der Waals surface area contributed by atoms with Gasteiger partial charge in [-0.25, -0.2) is 14.1 Å². The Morgan fingerprint density at radius 1 is 1.11 bits per heavy atom. The van der Waals surface area contributed by atoms with Gasteiger partial charge in [-0.1, -0.05) is 18.2 Å². The molecule has 2 aromatic heterocycles. The Morgan fingerprint density at radius 2 is 1.85 bits per heavy atom. The number of amides is 1. The molecule has 4 rings (SSSR count). The van der Waals surface area contributed by atoms with Gasteiger partial charge in [-0.3, -0.25) is 10.1 Å². The molecule has 0 saturated carbocycles. The van der Waals surface area contributed by atoms with Crippen molar-refractivity contribution in [3.8, 4) is 16.9 Å². The fourth-order valence-corrected chi connectivity index (χ4v) is 3.31. The van der Waals surface area contributed by atoms with Crippen LogP contribution in [0.5, 0.6) is 0 Å². The van der Waals surface area contributed by atoms with Gasteiger partial charge in [-0.2, -0.15) is 5.10 Å². The first-order valence-electron chi connectivity index (χ1n) is 8.25. The van der Waals surface area contributed by atoms with Crippen molar-refractivity contribution in [3.05, 3.63) is 83.2 Å². The van der Waals surface area contributed by atoms with Crippen LogP contribution >= 0.6 is 11.3 Å². The molecule has 1 N–H and O–H groups in total. The predicted molar refractivity (Wildman–Crippen MR) is 104 cm³/mol. The predicted octanol–water partition coefficient (Wildman–Crippen LogP) is 4.70. The molecule has 5 nitrogen and oxygen atoms in total. The molecule has 0 unspecified atom stereocenters. The Kier molecular flexibility index (Phi) is 4.52. The van der Waals surface area contributed by atoms with Crippen molar-refractivity contribution >= 4 is 22.4 Å². The van der Waals surface area contributed by atoms with Crippen LogP contribution in [0.3, 0.4) is 0 Å². The largest absolute Gasteiger partial charge is 0.298 e. The van der Waals surface area contributed by atoms with Gasteiger partial charge in [0.25, 0.3) is 5.91 Å². The maximum atomic E-state index is 13.3. The SMILES string of the molecule is Cc1cnc(NC(=O)c2cn(-c3ccccc3)nc2-c2ccc(F)cc2)s1. The number of hydrogen-bond donors (Lipinski definition) is 1. The van der Waals surface area contributed by atoms with E-state index in [9.17, 15) is 9.18 Å². The number of nitrogens with zero attached hydrogens (tertiary/aromatic N) is 3. The van der Waals surface area contributed by atoms with E-state index in [4.69, 9.17) is 0 Å². The molecular weight excluding hydrogens is 363 g/mol. The maximum absolute atomic E-state index is 13.3. The first kappa shape index (κ1) is 17.1. The topological polar surface area (TPSA) is 59.8 Å². The summed E-state index contributed by atoms with van der Waals surface area (Å²) >= 11 is 1.40. The van der Waals surface area contributed by atoms with E-state index in [1.807, 2.05) is 37.3 Å². The zero-order chi connectivity index (χ0) is 18.8. The summed E-state index contributed by atoms with van der Waals surface area (Å²) in [6.07, 6.45) is 3.37. The molecule has 0 atom stereocenters. The Labute approximate surface area is 159 Å². The standard InChI is InChI=1S/C20H15FN4OS/c1-13-11-22-20(27-13)23-19(26)17-12-25(16-5-3-2-4-6-16)24-18(17)14-7-9-15(21)10-8-14/h2-12H,1H3,(H,22,23,26). The second-order valence-electron chi connectivity index (χ2n) is 5.91. The number of carbonyl (C=O) groups is 1. The molecule has 7 heteroatoms. The fraction of sp³-hybridized carbons (Fsp3) is 0.0500. The third kappa shape index (κ3) is 3.63. The van der Waals surface area contributed by atoms with Gasteiger partial charge in [-0.15, -0.1) is 11.3 Å². The molecule has 0 fully saturated rings. The number of anilines is 1. The summed E-state index contributed by atoms with van der Waals surface area (Å²) in [4.78, 5) is 18.0. The van der Waals surface area contributed by atoms with Crippen LogP contribution in [0.2, 0.25) is 0 Å². The highest BCUT2D eigenvalue weighted by Gasteiger charge is 2.19. The molecule has 134 valence electrons. The number of benzene rings is 2. The molecule has 0 saturated heterocycles. The van der Waals surface area contributed by atoms with Crippen molar-refractivity contribution in [1.29, 1.82) is 0 Å². The molecule has 0 spiro atoms. The lowest BCUT2D eigenvalue weighted by Crippen LogP contribution is -2.12. The van der Waals surface area contributed by atoms with E-state index in [2.05, 4.69) is 15.4 Å². The summed E-state index contributed by atoms with van der Waals surface area (Å²) in [7, 11) is 0. The molecule has 0 bridgehead atoms. The van der Waals surface area contributed by atoms with Crippen LogP contribution in [0.25, 0.3) is 16.9 Å².